The van der Waals surface area contributed by atoms with Crippen molar-refractivity contribution < 1.29 is 27.9 Å². The van der Waals surface area contributed by atoms with Crippen LogP contribution in [0.3, 0.4) is 0 Å². The molecular formula is C20H13FN2O5. The van der Waals surface area contributed by atoms with Gasteiger partial charge in [-0.1, -0.05) is 12.1 Å². The van der Waals surface area contributed by atoms with Gasteiger partial charge < -0.3 is 9.15 Å². The molecule has 2 heterocycles. The summed E-state index contributed by atoms with van der Waals surface area (Å²) in [5.74, 6) is -1.93. The van der Waals surface area contributed by atoms with Crippen LogP contribution in [0.2, 0.25) is 0 Å². The fourth-order valence-electron chi connectivity index (χ4n) is 2.81. The summed E-state index contributed by atoms with van der Waals surface area (Å²) < 4.78 is 23.3. The summed E-state index contributed by atoms with van der Waals surface area (Å²) in [6.45, 7) is -0.679. The molecule has 0 atom stereocenters. The summed E-state index contributed by atoms with van der Waals surface area (Å²) in [5.41, 5.74) is 1.45. The van der Waals surface area contributed by atoms with Gasteiger partial charge in [0.1, 0.15) is 30.9 Å². The van der Waals surface area contributed by atoms with Gasteiger partial charge >= 0.3 is 5.97 Å². The number of carbonyl (C=O) groups is 3. The molecule has 0 saturated heterocycles. The molecule has 4 rings (SSSR count). The number of aromatic nitrogens is 1. The first-order chi connectivity index (χ1) is 13.5. The number of rotatable bonds is 5. The van der Waals surface area contributed by atoms with Crippen molar-refractivity contribution in [1.82, 2.24) is 9.88 Å². The van der Waals surface area contributed by atoms with Crippen LogP contribution in [0.15, 0.2) is 59.2 Å². The highest BCUT2D eigenvalue weighted by molar-refractivity contribution is 6.22. The fourth-order valence-corrected chi connectivity index (χ4v) is 2.81. The molecule has 3 aromatic rings. The molecule has 2 aromatic carbocycles. The molecular weight excluding hydrogens is 367 g/mol. The predicted octanol–water partition coefficient (Wildman–Crippen LogP) is 2.82. The molecule has 0 radical (unpaired) electrons. The van der Waals surface area contributed by atoms with Crippen molar-refractivity contribution in [3.05, 3.63) is 77.4 Å². The largest absolute Gasteiger partial charge is 0.458 e. The van der Waals surface area contributed by atoms with E-state index in [2.05, 4.69) is 4.98 Å². The second kappa shape index (κ2) is 7.07. The summed E-state index contributed by atoms with van der Waals surface area (Å²) in [5, 5.41) is 0. The van der Waals surface area contributed by atoms with E-state index in [0.29, 0.717) is 11.3 Å². The van der Waals surface area contributed by atoms with E-state index in [4.69, 9.17) is 9.15 Å². The molecule has 8 heteroatoms. The Hall–Kier alpha value is -3.81. The third-order valence-corrected chi connectivity index (χ3v) is 4.19. The Morgan fingerprint density at radius 1 is 1.04 bits per heavy atom. The van der Waals surface area contributed by atoms with Crippen LogP contribution in [0.25, 0.3) is 11.5 Å². The lowest BCUT2D eigenvalue weighted by atomic mass is 10.1. The van der Waals surface area contributed by atoms with Gasteiger partial charge in [-0.05, 0) is 36.4 Å². The number of benzene rings is 2. The molecule has 0 saturated carbocycles. The Balaban J connectivity index is 1.36. The summed E-state index contributed by atoms with van der Waals surface area (Å²) in [6, 6.07) is 12.0. The average Bonchev–Trinajstić information content (AvgIpc) is 3.27. The van der Waals surface area contributed by atoms with Crippen molar-refractivity contribution in [2.24, 2.45) is 0 Å². The van der Waals surface area contributed by atoms with Crippen molar-refractivity contribution in [1.29, 1.82) is 0 Å². The number of imide groups is 1. The van der Waals surface area contributed by atoms with E-state index >= 15 is 0 Å². The van der Waals surface area contributed by atoms with E-state index in [1.165, 1.54) is 42.7 Å². The van der Waals surface area contributed by atoms with E-state index in [1.54, 1.807) is 12.1 Å². The number of ether oxygens (including phenoxy) is 1. The zero-order valence-corrected chi connectivity index (χ0v) is 14.4. The van der Waals surface area contributed by atoms with Gasteiger partial charge in [0.15, 0.2) is 0 Å². The minimum Gasteiger partial charge on any atom is -0.458 e. The third kappa shape index (κ3) is 3.27. The predicted molar refractivity (Wildman–Crippen MR) is 93.5 cm³/mol. The average molecular weight is 380 g/mol. The molecule has 0 bridgehead atoms. The van der Waals surface area contributed by atoms with Crippen LogP contribution in [0.4, 0.5) is 4.39 Å². The second-order valence-electron chi connectivity index (χ2n) is 6.05. The Morgan fingerprint density at radius 3 is 2.32 bits per heavy atom. The SMILES string of the molecule is O=C(CN1C(=O)c2ccccc2C1=O)OCc1coc(-c2ccc(F)cc2)n1. The zero-order chi connectivity index (χ0) is 19.7. The van der Waals surface area contributed by atoms with E-state index in [0.717, 1.165) is 4.90 Å². The Kier molecular flexibility index (Phi) is 4.44. The van der Waals surface area contributed by atoms with Gasteiger partial charge in [0.2, 0.25) is 5.89 Å². The highest BCUT2D eigenvalue weighted by Crippen LogP contribution is 2.22. The van der Waals surface area contributed by atoms with Crippen LogP contribution in [-0.2, 0) is 16.1 Å². The third-order valence-electron chi connectivity index (χ3n) is 4.19. The van der Waals surface area contributed by atoms with Gasteiger partial charge in [0.25, 0.3) is 11.8 Å². The fraction of sp³-hybridized carbons (Fsp3) is 0.100. The number of hydrogen-bond acceptors (Lipinski definition) is 6. The minimum absolute atomic E-state index is 0.188. The Bertz CT molecular complexity index is 1040. The monoisotopic (exact) mass is 380 g/mol. The smallest absolute Gasteiger partial charge is 0.326 e. The van der Waals surface area contributed by atoms with Gasteiger partial charge in [-0.25, -0.2) is 9.37 Å². The molecule has 140 valence electrons. The molecule has 0 unspecified atom stereocenters. The molecule has 28 heavy (non-hydrogen) atoms. The lowest BCUT2D eigenvalue weighted by molar-refractivity contribution is -0.145. The van der Waals surface area contributed by atoms with Crippen molar-refractivity contribution in [2.75, 3.05) is 6.54 Å². The molecule has 1 aliphatic rings. The Morgan fingerprint density at radius 2 is 1.68 bits per heavy atom. The first-order valence-corrected chi connectivity index (χ1v) is 8.34. The van der Waals surface area contributed by atoms with Gasteiger partial charge in [-0.3, -0.25) is 19.3 Å². The highest BCUT2D eigenvalue weighted by Gasteiger charge is 2.36. The number of halogens is 1. The lowest BCUT2D eigenvalue weighted by Gasteiger charge is -2.12. The maximum Gasteiger partial charge on any atom is 0.326 e. The molecule has 2 amide bonds. The Labute approximate surface area is 158 Å². The van der Waals surface area contributed by atoms with Crippen LogP contribution >= 0.6 is 0 Å². The van der Waals surface area contributed by atoms with E-state index in [-0.39, 0.29) is 29.4 Å². The standard InChI is InChI=1S/C20H13FN2O5/c21-13-7-5-12(6-8-13)18-22-14(11-28-18)10-27-17(24)9-23-19(25)15-3-1-2-4-16(15)20(23)26/h1-8,11H,9-10H2. The quantitative estimate of drug-likeness (QED) is 0.499. The first-order valence-electron chi connectivity index (χ1n) is 8.34. The number of carbonyl (C=O) groups excluding carboxylic acids is 3. The number of fused-ring (bicyclic) bond motifs is 1. The maximum atomic E-state index is 13.0. The van der Waals surface area contributed by atoms with Crippen LogP contribution in [0.1, 0.15) is 26.4 Å². The molecule has 1 aliphatic heterocycles. The molecule has 0 N–H and O–H groups in total. The highest BCUT2D eigenvalue weighted by atomic mass is 19.1. The number of nitrogens with zero attached hydrogens (tertiary/aromatic N) is 2. The van der Waals surface area contributed by atoms with E-state index in [1.807, 2.05) is 0 Å². The van der Waals surface area contributed by atoms with Crippen molar-refractivity contribution in [2.45, 2.75) is 6.61 Å². The van der Waals surface area contributed by atoms with E-state index < -0.39 is 24.3 Å². The van der Waals surface area contributed by atoms with Gasteiger partial charge in [0, 0.05) is 5.56 Å². The number of amides is 2. The van der Waals surface area contributed by atoms with Crippen LogP contribution in [0.5, 0.6) is 0 Å². The number of oxazole rings is 1. The first kappa shape index (κ1) is 17.6. The van der Waals surface area contributed by atoms with Crippen LogP contribution in [0, 0.1) is 5.82 Å². The van der Waals surface area contributed by atoms with Gasteiger partial charge in [-0.15, -0.1) is 0 Å². The maximum absolute atomic E-state index is 13.0. The summed E-state index contributed by atoms with van der Waals surface area (Å²) in [6.07, 6.45) is 1.31. The van der Waals surface area contributed by atoms with E-state index in [9.17, 15) is 18.8 Å². The minimum atomic E-state index is -0.749. The number of hydrogen-bond donors (Lipinski definition) is 0. The van der Waals surface area contributed by atoms with Crippen LogP contribution in [-0.4, -0.2) is 34.2 Å². The molecule has 1 aromatic heterocycles. The lowest BCUT2D eigenvalue weighted by Crippen LogP contribution is -2.35. The van der Waals surface area contributed by atoms with Crippen molar-refractivity contribution in [3.8, 4) is 11.5 Å². The zero-order valence-electron chi connectivity index (χ0n) is 14.4. The van der Waals surface area contributed by atoms with Crippen molar-refractivity contribution >= 4 is 17.8 Å². The van der Waals surface area contributed by atoms with Crippen molar-refractivity contribution in [3.63, 3.8) is 0 Å². The molecule has 0 spiro atoms. The van der Waals surface area contributed by atoms with Crippen LogP contribution < -0.4 is 0 Å². The summed E-state index contributed by atoms with van der Waals surface area (Å²) in [4.78, 5) is 41.6. The summed E-state index contributed by atoms with van der Waals surface area (Å²) >= 11 is 0. The molecule has 7 nitrogen and oxygen atoms in total. The normalized spacial score (nSPS) is 13.0. The topological polar surface area (TPSA) is 89.7 Å². The van der Waals surface area contributed by atoms with Gasteiger partial charge in [-0.2, -0.15) is 0 Å². The molecule has 0 aliphatic carbocycles. The number of esters is 1. The second-order valence-corrected chi connectivity index (χ2v) is 6.05. The van der Waals surface area contributed by atoms with Gasteiger partial charge in [0.05, 0.1) is 11.1 Å². The molecule has 0 fully saturated rings. The summed E-state index contributed by atoms with van der Waals surface area (Å²) in [7, 11) is 0.